The SMILES string of the molecule is COc1ccccc1CC(=O)N(C)[C@H](C)c1ccc(-n2cncn2)cc1. The predicted octanol–water partition coefficient (Wildman–Crippen LogP) is 3.04. The maximum atomic E-state index is 12.7. The Balaban J connectivity index is 1.70. The Morgan fingerprint density at radius 2 is 1.92 bits per heavy atom. The predicted molar refractivity (Wildman–Crippen MR) is 99.2 cm³/mol. The fourth-order valence-electron chi connectivity index (χ4n) is 2.82. The standard InChI is InChI=1S/C20H22N4O2/c1-15(16-8-10-18(11-9-16)24-14-21-13-22-24)23(2)20(25)12-17-6-4-5-7-19(17)26-3/h4-11,13-15H,12H2,1-3H3/t15-/m1/s1. The number of carbonyl (C=O) groups is 1. The van der Waals surface area contributed by atoms with Crippen molar-refractivity contribution in [2.75, 3.05) is 14.2 Å². The van der Waals surface area contributed by atoms with Crippen LogP contribution in [0.4, 0.5) is 0 Å². The van der Waals surface area contributed by atoms with Gasteiger partial charge in [-0.15, -0.1) is 0 Å². The number of hydrogen-bond donors (Lipinski definition) is 0. The number of likely N-dealkylation sites (N-methyl/N-ethyl adjacent to an activating group) is 1. The third-order valence-corrected chi connectivity index (χ3v) is 4.57. The molecular weight excluding hydrogens is 328 g/mol. The summed E-state index contributed by atoms with van der Waals surface area (Å²) in [6.45, 7) is 2.02. The highest BCUT2D eigenvalue weighted by molar-refractivity contribution is 5.79. The van der Waals surface area contributed by atoms with E-state index in [1.165, 1.54) is 6.33 Å². The van der Waals surface area contributed by atoms with E-state index >= 15 is 0 Å². The molecule has 0 fully saturated rings. The first-order valence-electron chi connectivity index (χ1n) is 8.42. The first-order chi connectivity index (χ1) is 12.6. The van der Waals surface area contributed by atoms with Gasteiger partial charge in [-0.25, -0.2) is 9.67 Å². The van der Waals surface area contributed by atoms with Crippen LogP contribution in [0.1, 0.15) is 24.1 Å². The van der Waals surface area contributed by atoms with Gasteiger partial charge in [0.15, 0.2) is 0 Å². The van der Waals surface area contributed by atoms with Crippen LogP contribution in [-0.2, 0) is 11.2 Å². The van der Waals surface area contributed by atoms with E-state index in [0.717, 1.165) is 22.6 Å². The molecular formula is C20H22N4O2. The second kappa shape index (κ2) is 7.82. The van der Waals surface area contributed by atoms with Gasteiger partial charge in [0.05, 0.1) is 25.3 Å². The Bertz CT molecular complexity index is 860. The molecule has 1 atom stereocenters. The molecule has 0 N–H and O–H groups in total. The summed E-state index contributed by atoms with van der Waals surface area (Å²) >= 11 is 0. The van der Waals surface area contributed by atoms with Crippen LogP contribution in [0.15, 0.2) is 61.2 Å². The Labute approximate surface area is 153 Å². The highest BCUT2D eigenvalue weighted by atomic mass is 16.5. The summed E-state index contributed by atoms with van der Waals surface area (Å²) in [5, 5.41) is 4.12. The highest BCUT2D eigenvalue weighted by Crippen LogP contribution is 2.23. The van der Waals surface area contributed by atoms with E-state index in [1.807, 2.05) is 62.5 Å². The quantitative estimate of drug-likeness (QED) is 0.686. The molecule has 26 heavy (non-hydrogen) atoms. The van der Waals surface area contributed by atoms with E-state index < -0.39 is 0 Å². The molecule has 0 radical (unpaired) electrons. The van der Waals surface area contributed by atoms with Gasteiger partial charge in [-0.3, -0.25) is 4.79 Å². The summed E-state index contributed by atoms with van der Waals surface area (Å²) in [5.41, 5.74) is 2.88. The smallest absolute Gasteiger partial charge is 0.227 e. The number of amides is 1. The summed E-state index contributed by atoms with van der Waals surface area (Å²) in [6.07, 6.45) is 3.46. The largest absolute Gasteiger partial charge is 0.496 e. The second-order valence-corrected chi connectivity index (χ2v) is 6.10. The molecule has 0 saturated carbocycles. The van der Waals surface area contributed by atoms with E-state index in [0.29, 0.717) is 6.42 Å². The van der Waals surface area contributed by atoms with Gasteiger partial charge >= 0.3 is 0 Å². The minimum Gasteiger partial charge on any atom is -0.496 e. The molecule has 3 rings (SSSR count). The summed E-state index contributed by atoms with van der Waals surface area (Å²) in [4.78, 5) is 18.4. The number of hydrogen-bond acceptors (Lipinski definition) is 4. The van der Waals surface area contributed by atoms with Gasteiger partial charge < -0.3 is 9.64 Å². The number of methoxy groups -OCH3 is 1. The average Bonchev–Trinajstić information content (AvgIpc) is 3.22. The monoisotopic (exact) mass is 350 g/mol. The Hall–Kier alpha value is -3.15. The van der Waals surface area contributed by atoms with Crippen molar-refractivity contribution in [3.63, 3.8) is 0 Å². The lowest BCUT2D eigenvalue weighted by molar-refractivity contribution is -0.131. The van der Waals surface area contributed by atoms with E-state index in [4.69, 9.17) is 4.74 Å². The summed E-state index contributed by atoms with van der Waals surface area (Å²) in [7, 11) is 3.44. The van der Waals surface area contributed by atoms with Crippen molar-refractivity contribution in [2.24, 2.45) is 0 Å². The molecule has 2 aromatic carbocycles. The zero-order valence-corrected chi connectivity index (χ0v) is 15.2. The molecule has 1 aromatic heterocycles. The molecule has 0 aliphatic heterocycles. The molecule has 0 aliphatic rings. The van der Waals surface area contributed by atoms with E-state index in [9.17, 15) is 4.79 Å². The molecule has 6 nitrogen and oxygen atoms in total. The fraction of sp³-hybridized carbons (Fsp3) is 0.250. The maximum Gasteiger partial charge on any atom is 0.227 e. The van der Waals surface area contributed by atoms with Gasteiger partial charge in [0.1, 0.15) is 18.4 Å². The van der Waals surface area contributed by atoms with Crippen molar-refractivity contribution in [3.05, 3.63) is 72.3 Å². The minimum absolute atomic E-state index is 0.0398. The van der Waals surface area contributed by atoms with E-state index in [-0.39, 0.29) is 11.9 Å². The average molecular weight is 350 g/mol. The van der Waals surface area contributed by atoms with Gasteiger partial charge in [-0.2, -0.15) is 5.10 Å². The Morgan fingerprint density at radius 3 is 2.58 bits per heavy atom. The van der Waals surface area contributed by atoms with Gasteiger partial charge in [-0.1, -0.05) is 30.3 Å². The number of aromatic nitrogens is 3. The van der Waals surface area contributed by atoms with Crippen molar-refractivity contribution < 1.29 is 9.53 Å². The molecule has 1 heterocycles. The van der Waals surface area contributed by atoms with Crippen molar-refractivity contribution in [2.45, 2.75) is 19.4 Å². The maximum absolute atomic E-state index is 12.7. The van der Waals surface area contributed by atoms with Crippen LogP contribution in [-0.4, -0.2) is 39.7 Å². The lowest BCUT2D eigenvalue weighted by Gasteiger charge is -2.26. The number of rotatable bonds is 6. The molecule has 0 bridgehead atoms. The molecule has 3 aromatic rings. The Kier molecular flexibility index (Phi) is 5.31. The summed E-state index contributed by atoms with van der Waals surface area (Å²) in [5.74, 6) is 0.779. The van der Waals surface area contributed by atoms with Crippen LogP contribution in [0, 0.1) is 0 Å². The molecule has 0 spiro atoms. The van der Waals surface area contributed by atoms with Gasteiger partial charge in [0.25, 0.3) is 0 Å². The summed E-state index contributed by atoms with van der Waals surface area (Å²) in [6, 6.07) is 15.5. The van der Waals surface area contributed by atoms with E-state index in [2.05, 4.69) is 10.1 Å². The topological polar surface area (TPSA) is 60.2 Å². The van der Waals surface area contributed by atoms with Crippen molar-refractivity contribution in [3.8, 4) is 11.4 Å². The van der Waals surface area contributed by atoms with Crippen molar-refractivity contribution in [1.29, 1.82) is 0 Å². The molecule has 0 unspecified atom stereocenters. The Morgan fingerprint density at radius 1 is 1.19 bits per heavy atom. The lowest BCUT2D eigenvalue weighted by atomic mass is 10.1. The molecule has 0 saturated heterocycles. The molecule has 0 aliphatic carbocycles. The van der Waals surface area contributed by atoms with Crippen LogP contribution >= 0.6 is 0 Å². The molecule has 134 valence electrons. The minimum atomic E-state index is -0.0398. The van der Waals surface area contributed by atoms with Crippen LogP contribution in [0.3, 0.4) is 0 Å². The first kappa shape index (κ1) is 17.7. The third kappa shape index (κ3) is 3.74. The summed E-state index contributed by atoms with van der Waals surface area (Å²) < 4.78 is 7.03. The first-order valence-corrected chi connectivity index (χ1v) is 8.42. The highest BCUT2D eigenvalue weighted by Gasteiger charge is 2.19. The molecule has 1 amide bonds. The zero-order valence-electron chi connectivity index (χ0n) is 15.2. The van der Waals surface area contributed by atoms with Crippen LogP contribution in [0.25, 0.3) is 5.69 Å². The zero-order chi connectivity index (χ0) is 18.5. The number of nitrogens with zero attached hydrogens (tertiary/aromatic N) is 4. The fourth-order valence-corrected chi connectivity index (χ4v) is 2.82. The molecule has 6 heteroatoms. The third-order valence-electron chi connectivity index (χ3n) is 4.57. The van der Waals surface area contributed by atoms with E-state index in [1.54, 1.807) is 23.0 Å². The second-order valence-electron chi connectivity index (χ2n) is 6.10. The van der Waals surface area contributed by atoms with Gasteiger partial charge in [0, 0.05) is 12.6 Å². The van der Waals surface area contributed by atoms with Crippen molar-refractivity contribution >= 4 is 5.91 Å². The van der Waals surface area contributed by atoms with Crippen LogP contribution in [0.2, 0.25) is 0 Å². The lowest BCUT2D eigenvalue weighted by Crippen LogP contribution is -2.31. The number of ether oxygens (including phenoxy) is 1. The van der Waals surface area contributed by atoms with Gasteiger partial charge in [0.2, 0.25) is 5.91 Å². The van der Waals surface area contributed by atoms with Crippen LogP contribution in [0.5, 0.6) is 5.75 Å². The number of benzene rings is 2. The number of carbonyl (C=O) groups excluding carboxylic acids is 1. The van der Waals surface area contributed by atoms with Gasteiger partial charge in [-0.05, 0) is 30.7 Å². The number of para-hydroxylation sites is 1. The van der Waals surface area contributed by atoms with Crippen molar-refractivity contribution in [1.82, 2.24) is 19.7 Å². The normalized spacial score (nSPS) is 11.8. The van der Waals surface area contributed by atoms with Crippen LogP contribution < -0.4 is 4.74 Å².